The third-order valence-electron chi connectivity index (χ3n) is 4.67. The van der Waals surface area contributed by atoms with Gasteiger partial charge in [0.05, 0.1) is 22.2 Å². The standard InChI is InChI=1S/C13H15N.C12H14N2.4C2H6/c1-13(2,3)11-8-10-6-4-5-7-12(10)14-9-11;1-12(2,3)11-8-13-9-6-4-5-7-10(9)14-11;4*1-2/h4-9H,1-3H3;4-8H,1-3H3;4*1-2H3. The van der Waals surface area contributed by atoms with Gasteiger partial charge in [-0.25, -0.2) is 4.98 Å². The lowest BCUT2D eigenvalue weighted by molar-refractivity contribution is 0.568. The van der Waals surface area contributed by atoms with Crippen molar-refractivity contribution >= 4 is 21.9 Å². The summed E-state index contributed by atoms with van der Waals surface area (Å²) in [4.78, 5) is 13.4. The molecule has 3 nitrogen and oxygen atoms in total. The summed E-state index contributed by atoms with van der Waals surface area (Å²) in [6.45, 7) is 29.1. The predicted octanol–water partition coefficient (Wildman–Crippen LogP) is 10.6. The summed E-state index contributed by atoms with van der Waals surface area (Å²) in [6.07, 6.45) is 3.84. The van der Waals surface area contributed by atoms with E-state index < -0.39 is 0 Å². The molecule has 3 heteroatoms. The largest absolute Gasteiger partial charge is 0.256 e. The van der Waals surface area contributed by atoms with E-state index in [2.05, 4.69) is 74.7 Å². The number of rotatable bonds is 0. The van der Waals surface area contributed by atoms with E-state index in [0.29, 0.717) is 0 Å². The van der Waals surface area contributed by atoms with Crippen molar-refractivity contribution in [1.82, 2.24) is 15.0 Å². The molecule has 0 spiro atoms. The van der Waals surface area contributed by atoms with E-state index in [1.165, 1.54) is 10.9 Å². The molecule has 36 heavy (non-hydrogen) atoms. The van der Waals surface area contributed by atoms with Crippen molar-refractivity contribution in [3.8, 4) is 0 Å². The average molecular weight is 492 g/mol. The lowest BCUT2D eigenvalue weighted by Crippen LogP contribution is -2.13. The summed E-state index contributed by atoms with van der Waals surface area (Å²) in [6, 6.07) is 18.4. The fourth-order valence-electron chi connectivity index (χ4n) is 2.80. The van der Waals surface area contributed by atoms with Crippen LogP contribution in [0.4, 0.5) is 0 Å². The molecule has 4 rings (SSSR count). The zero-order chi connectivity index (χ0) is 28.4. The summed E-state index contributed by atoms with van der Waals surface area (Å²) in [5, 5.41) is 1.22. The molecule has 0 saturated carbocycles. The molecule has 0 aliphatic carbocycles. The highest BCUT2D eigenvalue weighted by Crippen LogP contribution is 2.24. The van der Waals surface area contributed by atoms with Gasteiger partial charge >= 0.3 is 0 Å². The van der Waals surface area contributed by atoms with Crippen LogP contribution in [0.5, 0.6) is 0 Å². The van der Waals surface area contributed by atoms with Gasteiger partial charge in [-0.05, 0) is 35.2 Å². The first-order valence-electron chi connectivity index (χ1n) is 13.7. The highest BCUT2D eigenvalue weighted by molar-refractivity contribution is 5.79. The Morgan fingerprint density at radius 3 is 1.44 bits per heavy atom. The fourth-order valence-corrected chi connectivity index (χ4v) is 2.80. The maximum atomic E-state index is 4.58. The van der Waals surface area contributed by atoms with Crippen LogP contribution in [0, 0.1) is 0 Å². The first kappa shape index (κ1) is 35.4. The van der Waals surface area contributed by atoms with Crippen molar-refractivity contribution in [2.24, 2.45) is 0 Å². The highest BCUT2D eigenvalue weighted by atomic mass is 14.8. The zero-order valence-electron chi connectivity index (χ0n) is 25.7. The van der Waals surface area contributed by atoms with E-state index in [-0.39, 0.29) is 10.8 Å². The maximum absolute atomic E-state index is 4.58. The molecule has 2 aromatic carbocycles. The van der Waals surface area contributed by atoms with Gasteiger partial charge in [0, 0.05) is 23.2 Å². The van der Waals surface area contributed by atoms with Gasteiger partial charge in [-0.3, -0.25) is 9.97 Å². The summed E-state index contributed by atoms with van der Waals surface area (Å²) in [5.41, 5.74) is 5.57. The second-order valence-corrected chi connectivity index (χ2v) is 9.16. The summed E-state index contributed by atoms with van der Waals surface area (Å²) >= 11 is 0. The average Bonchev–Trinajstić information content (AvgIpc) is 2.92. The van der Waals surface area contributed by atoms with Crippen LogP contribution in [0.3, 0.4) is 0 Å². The van der Waals surface area contributed by atoms with Crippen LogP contribution < -0.4 is 0 Å². The molecule has 200 valence electrons. The number of nitrogens with zero attached hydrogens (tertiary/aromatic N) is 3. The van der Waals surface area contributed by atoms with Gasteiger partial charge in [0.1, 0.15) is 0 Å². The quantitative estimate of drug-likeness (QED) is 0.245. The minimum atomic E-state index is 0.0665. The maximum Gasteiger partial charge on any atom is 0.0890 e. The molecule has 4 aromatic rings. The molecule has 2 aromatic heterocycles. The molecule has 2 heterocycles. The Labute approximate surface area is 222 Å². The van der Waals surface area contributed by atoms with Gasteiger partial charge < -0.3 is 0 Å². The van der Waals surface area contributed by atoms with E-state index >= 15 is 0 Å². The number of hydrogen-bond acceptors (Lipinski definition) is 3. The molecule has 0 saturated heterocycles. The molecule has 0 unspecified atom stereocenters. The number of fused-ring (bicyclic) bond motifs is 2. The lowest BCUT2D eigenvalue weighted by atomic mass is 9.88. The van der Waals surface area contributed by atoms with Crippen LogP contribution in [0.1, 0.15) is 108 Å². The molecular formula is C33H53N3. The topological polar surface area (TPSA) is 38.7 Å². The van der Waals surface area contributed by atoms with Gasteiger partial charge in [-0.2, -0.15) is 0 Å². The first-order valence-corrected chi connectivity index (χ1v) is 13.7. The predicted molar refractivity (Wildman–Crippen MR) is 164 cm³/mol. The van der Waals surface area contributed by atoms with E-state index in [1.54, 1.807) is 0 Å². The number of para-hydroxylation sites is 3. The lowest BCUT2D eigenvalue weighted by Gasteiger charge is -2.18. The fraction of sp³-hybridized carbons (Fsp3) is 0.485. The number of pyridine rings is 1. The van der Waals surface area contributed by atoms with E-state index in [4.69, 9.17) is 0 Å². The van der Waals surface area contributed by atoms with Gasteiger partial charge in [0.15, 0.2) is 0 Å². The van der Waals surface area contributed by atoms with Gasteiger partial charge in [-0.1, -0.05) is 127 Å². The minimum absolute atomic E-state index is 0.0665. The summed E-state index contributed by atoms with van der Waals surface area (Å²) in [5.74, 6) is 0. The molecule has 0 aliphatic heterocycles. The molecule has 0 aliphatic rings. The third-order valence-corrected chi connectivity index (χ3v) is 4.67. The third kappa shape index (κ3) is 11.7. The molecule has 0 amide bonds. The molecule has 0 bridgehead atoms. The smallest absolute Gasteiger partial charge is 0.0890 e. The molecule has 0 radical (unpaired) electrons. The van der Waals surface area contributed by atoms with Crippen molar-refractivity contribution < 1.29 is 0 Å². The minimum Gasteiger partial charge on any atom is -0.256 e. The van der Waals surface area contributed by atoms with Crippen LogP contribution in [-0.2, 0) is 10.8 Å². The summed E-state index contributed by atoms with van der Waals surface area (Å²) in [7, 11) is 0. The highest BCUT2D eigenvalue weighted by Gasteiger charge is 2.16. The molecule has 0 fully saturated rings. The van der Waals surface area contributed by atoms with Crippen LogP contribution in [0.25, 0.3) is 21.9 Å². The Kier molecular flexibility index (Phi) is 18.1. The van der Waals surface area contributed by atoms with Crippen molar-refractivity contribution in [2.75, 3.05) is 0 Å². The Morgan fingerprint density at radius 1 is 0.500 bits per heavy atom. The van der Waals surface area contributed by atoms with Gasteiger partial charge in [0.25, 0.3) is 0 Å². The van der Waals surface area contributed by atoms with E-state index in [0.717, 1.165) is 22.2 Å². The van der Waals surface area contributed by atoms with Crippen LogP contribution >= 0.6 is 0 Å². The van der Waals surface area contributed by atoms with Crippen molar-refractivity contribution in [2.45, 2.75) is 108 Å². The number of aromatic nitrogens is 3. The molecular weight excluding hydrogens is 438 g/mol. The van der Waals surface area contributed by atoms with Gasteiger partial charge in [0.2, 0.25) is 0 Å². The number of benzene rings is 2. The second-order valence-electron chi connectivity index (χ2n) is 9.16. The Hall–Kier alpha value is -2.81. The van der Waals surface area contributed by atoms with Crippen LogP contribution in [0.15, 0.2) is 67.0 Å². The Bertz CT molecular complexity index is 998. The molecule has 0 N–H and O–H groups in total. The van der Waals surface area contributed by atoms with E-state index in [9.17, 15) is 0 Å². The van der Waals surface area contributed by atoms with Crippen LogP contribution in [-0.4, -0.2) is 15.0 Å². The Morgan fingerprint density at radius 2 is 0.944 bits per heavy atom. The Balaban J connectivity index is 0. The zero-order valence-corrected chi connectivity index (χ0v) is 25.7. The van der Waals surface area contributed by atoms with Crippen molar-refractivity contribution in [3.05, 3.63) is 78.2 Å². The normalized spacial score (nSPS) is 9.94. The SMILES string of the molecule is CC.CC.CC.CC.CC(C)(C)c1cnc2ccccc2c1.CC(C)(C)c1cnc2ccccc2n1. The van der Waals surface area contributed by atoms with E-state index in [1.807, 2.05) is 104 Å². The van der Waals surface area contributed by atoms with Crippen LogP contribution in [0.2, 0.25) is 0 Å². The second kappa shape index (κ2) is 18.5. The number of hydrogen-bond donors (Lipinski definition) is 0. The van der Waals surface area contributed by atoms with Crippen molar-refractivity contribution in [1.29, 1.82) is 0 Å². The molecule has 0 atom stereocenters. The monoisotopic (exact) mass is 491 g/mol. The summed E-state index contributed by atoms with van der Waals surface area (Å²) < 4.78 is 0. The first-order chi connectivity index (χ1) is 17.1. The van der Waals surface area contributed by atoms with Crippen molar-refractivity contribution in [3.63, 3.8) is 0 Å². The van der Waals surface area contributed by atoms with Gasteiger partial charge in [-0.15, -0.1) is 0 Å².